The third-order valence-corrected chi connectivity index (χ3v) is 4.54. The lowest BCUT2D eigenvalue weighted by atomic mass is 10.1. The van der Waals surface area contributed by atoms with Gasteiger partial charge in [0.15, 0.2) is 0 Å². The Labute approximate surface area is 133 Å². The monoisotopic (exact) mass is 326 g/mol. The number of nitrogens with one attached hydrogen (secondary N) is 1. The van der Waals surface area contributed by atoms with E-state index in [0.29, 0.717) is 12.2 Å². The molecule has 1 rings (SSSR count). The van der Waals surface area contributed by atoms with Gasteiger partial charge >= 0.3 is 0 Å². The van der Waals surface area contributed by atoms with Crippen molar-refractivity contribution in [3.63, 3.8) is 0 Å². The van der Waals surface area contributed by atoms with Gasteiger partial charge in [-0.25, -0.2) is 8.42 Å². The molecular formula is C16H26N2O3S. The molecule has 0 aliphatic carbocycles. The number of aryl methyl sites for hydroxylation is 3. The fourth-order valence-electron chi connectivity index (χ4n) is 2.52. The molecular weight excluding hydrogens is 300 g/mol. The fourth-order valence-corrected chi connectivity index (χ4v) is 3.49. The third kappa shape index (κ3) is 5.02. The lowest BCUT2D eigenvalue weighted by Gasteiger charge is -2.26. The Morgan fingerprint density at radius 2 is 1.73 bits per heavy atom. The molecule has 0 saturated carbocycles. The van der Waals surface area contributed by atoms with Crippen LogP contribution in [-0.2, 0) is 14.8 Å². The highest BCUT2D eigenvalue weighted by molar-refractivity contribution is 7.92. The number of rotatable bonds is 7. The number of amides is 1. The van der Waals surface area contributed by atoms with Gasteiger partial charge in [0, 0.05) is 6.54 Å². The summed E-state index contributed by atoms with van der Waals surface area (Å²) in [7, 11) is -3.53. The predicted octanol–water partition coefficient (Wildman–Crippen LogP) is 2.29. The number of carbonyl (C=O) groups is 1. The second-order valence-electron chi connectivity index (χ2n) is 5.72. The molecule has 6 heteroatoms. The molecule has 1 aromatic carbocycles. The Hall–Kier alpha value is -1.56. The lowest BCUT2D eigenvalue weighted by molar-refractivity contribution is -0.119. The molecule has 0 saturated heterocycles. The van der Waals surface area contributed by atoms with Crippen molar-refractivity contribution in [1.82, 2.24) is 5.32 Å². The van der Waals surface area contributed by atoms with Crippen LogP contribution in [0.1, 0.15) is 36.5 Å². The zero-order chi connectivity index (χ0) is 16.9. The number of unbranched alkanes of at least 4 members (excludes halogenated alkanes) is 1. The molecule has 1 N–H and O–H groups in total. The quantitative estimate of drug-likeness (QED) is 0.782. The highest BCUT2D eigenvalue weighted by atomic mass is 32.2. The van der Waals surface area contributed by atoms with E-state index in [9.17, 15) is 13.2 Å². The molecule has 1 amide bonds. The highest BCUT2D eigenvalue weighted by Crippen LogP contribution is 2.28. The smallest absolute Gasteiger partial charge is 0.240 e. The van der Waals surface area contributed by atoms with Gasteiger partial charge in [0.25, 0.3) is 0 Å². The van der Waals surface area contributed by atoms with Crippen LogP contribution >= 0.6 is 0 Å². The van der Waals surface area contributed by atoms with Crippen molar-refractivity contribution >= 4 is 21.6 Å². The van der Waals surface area contributed by atoms with Crippen LogP contribution in [0, 0.1) is 20.8 Å². The summed E-state index contributed by atoms with van der Waals surface area (Å²) in [6, 6.07) is 3.85. The van der Waals surface area contributed by atoms with Gasteiger partial charge in [0.1, 0.15) is 6.54 Å². The molecule has 0 aliphatic rings. The molecule has 0 atom stereocenters. The summed E-state index contributed by atoms with van der Waals surface area (Å²) in [5.41, 5.74) is 3.37. The molecule has 0 fully saturated rings. The topological polar surface area (TPSA) is 66.5 Å². The summed E-state index contributed by atoms with van der Waals surface area (Å²) < 4.78 is 25.5. The summed E-state index contributed by atoms with van der Waals surface area (Å²) >= 11 is 0. The van der Waals surface area contributed by atoms with Gasteiger partial charge in [-0.3, -0.25) is 9.10 Å². The highest BCUT2D eigenvalue weighted by Gasteiger charge is 2.23. The molecule has 0 unspecified atom stereocenters. The van der Waals surface area contributed by atoms with Crippen molar-refractivity contribution in [3.05, 3.63) is 28.8 Å². The van der Waals surface area contributed by atoms with Crippen LogP contribution in [-0.4, -0.2) is 33.7 Å². The van der Waals surface area contributed by atoms with Crippen molar-refractivity contribution in [1.29, 1.82) is 0 Å². The summed E-state index contributed by atoms with van der Waals surface area (Å²) in [6.07, 6.45) is 2.99. The number of nitrogens with zero attached hydrogens (tertiary/aromatic N) is 1. The van der Waals surface area contributed by atoms with Crippen LogP contribution in [0.5, 0.6) is 0 Å². The van der Waals surface area contributed by atoms with Gasteiger partial charge in [-0.1, -0.05) is 31.0 Å². The summed E-state index contributed by atoms with van der Waals surface area (Å²) in [4.78, 5) is 12.0. The van der Waals surface area contributed by atoms with Crippen molar-refractivity contribution < 1.29 is 13.2 Å². The molecule has 5 nitrogen and oxygen atoms in total. The maximum atomic E-state index is 12.1. The Bertz CT molecular complexity index is 616. The maximum Gasteiger partial charge on any atom is 0.240 e. The number of hydrogen-bond acceptors (Lipinski definition) is 3. The zero-order valence-corrected chi connectivity index (χ0v) is 14.9. The van der Waals surface area contributed by atoms with Gasteiger partial charge in [0.2, 0.25) is 15.9 Å². The minimum Gasteiger partial charge on any atom is -0.355 e. The van der Waals surface area contributed by atoms with Crippen LogP contribution in [0.4, 0.5) is 5.69 Å². The first-order valence-electron chi connectivity index (χ1n) is 7.49. The second-order valence-corrected chi connectivity index (χ2v) is 7.63. The normalized spacial score (nSPS) is 11.3. The van der Waals surface area contributed by atoms with E-state index in [1.165, 1.54) is 4.31 Å². The summed E-state index contributed by atoms with van der Waals surface area (Å²) in [5.74, 6) is -0.279. The Balaban J connectivity index is 3.09. The Kier molecular flexibility index (Phi) is 6.41. The Morgan fingerprint density at radius 1 is 1.18 bits per heavy atom. The van der Waals surface area contributed by atoms with E-state index in [0.717, 1.165) is 35.8 Å². The predicted molar refractivity (Wildman–Crippen MR) is 90.8 cm³/mol. The molecule has 22 heavy (non-hydrogen) atoms. The lowest BCUT2D eigenvalue weighted by Crippen LogP contribution is -2.41. The zero-order valence-electron chi connectivity index (χ0n) is 14.1. The van der Waals surface area contributed by atoms with Crippen molar-refractivity contribution in [2.75, 3.05) is 23.7 Å². The third-order valence-electron chi connectivity index (χ3n) is 3.42. The van der Waals surface area contributed by atoms with Gasteiger partial charge in [-0.2, -0.15) is 0 Å². The largest absolute Gasteiger partial charge is 0.355 e. The minimum atomic E-state index is -3.53. The van der Waals surface area contributed by atoms with E-state index in [2.05, 4.69) is 5.32 Å². The van der Waals surface area contributed by atoms with Crippen LogP contribution < -0.4 is 9.62 Å². The van der Waals surface area contributed by atoms with Crippen molar-refractivity contribution in [3.8, 4) is 0 Å². The first-order valence-corrected chi connectivity index (χ1v) is 9.34. The molecule has 0 heterocycles. The standard InChI is InChI=1S/C16H26N2O3S/c1-6-7-8-17-15(19)11-18(22(5,20)21)16-13(3)9-12(2)10-14(16)4/h9-10H,6-8,11H2,1-5H3,(H,17,19). The first kappa shape index (κ1) is 18.5. The molecule has 0 aromatic heterocycles. The molecule has 0 bridgehead atoms. The van der Waals surface area contributed by atoms with E-state index in [-0.39, 0.29) is 12.5 Å². The van der Waals surface area contributed by atoms with E-state index in [1.54, 1.807) is 0 Å². The van der Waals surface area contributed by atoms with Crippen LogP contribution in [0.2, 0.25) is 0 Å². The van der Waals surface area contributed by atoms with Gasteiger partial charge in [-0.15, -0.1) is 0 Å². The Morgan fingerprint density at radius 3 is 2.18 bits per heavy atom. The van der Waals surface area contributed by atoms with Crippen LogP contribution in [0.25, 0.3) is 0 Å². The molecule has 124 valence electrons. The van der Waals surface area contributed by atoms with Gasteiger partial charge in [0.05, 0.1) is 11.9 Å². The number of benzene rings is 1. The molecule has 1 aromatic rings. The van der Waals surface area contributed by atoms with Gasteiger partial charge < -0.3 is 5.32 Å². The van der Waals surface area contributed by atoms with Crippen molar-refractivity contribution in [2.45, 2.75) is 40.5 Å². The summed E-state index contributed by atoms with van der Waals surface area (Å²) in [5, 5.41) is 2.76. The van der Waals surface area contributed by atoms with Crippen LogP contribution in [0.3, 0.4) is 0 Å². The SMILES string of the molecule is CCCCNC(=O)CN(c1c(C)cc(C)cc1C)S(C)(=O)=O. The van der Waals surface area contributed by atoms with E-state index >= 15 is 0 Å². The first-order chi connectivity index (χ1) is 10.2. The number of carbonyl (C=O) groups excluding carboxylic acids is 1. The number of hydrogen-bond donors (Lipinski definition) is 1. The van der Waals surface area contributed by atoms with Crippen LogP contribution in [0.15, 0.2) is 12.1 Å². The summed E-state index contributed by atoms with van der Waals surface area (Å²) in [6.45, 7) is 8.11. The average Bonchev–Trinajstić information content (AvgIpc) is 2.35. The number of sulfonamides is 1. The maximum absolute atomic E-state index is 12.1. The van der Waals surface area contributed by atoms with Crippen molar-refractivity contribution in [2.24, 2.45) is 0 Å². The van der Waals surface area contributed by atoms with E-state index in [1.807, 2.05) is 39.8 Å². The van der Waals surface area contributed by atoms with E-state index < -0.39 is 10.0 Å². The number of anilines is 1. The van der Waals surface area contributed by atoms with E-state index in [4.69, 9.17) is 0 Å². The average molecular weight is 326 g/mol. The minimum absolute atomic E-state index is 0.187. The van der Waals surface area contributed by atoms with Gasteiger partial charge in [-0.05, 0) is 38.3 Å². The molecule has 0 spiro atoms. The molecule has 0 aliphatic heterocycles. The molecule has 0 radical (unpaired) electrons. The second kappa shape index (κ2) is 7.63. The fraction of sp³-hybridized carbons (Fsp3) is 0.562.